The van der Waals surface area contributed by atoms with Crippen LogP contribution in [0, 0.1) is 22.7 Å². The highest BCUT2D eigenvalue weighted by atomic mass is 16.2. The van der Waals surface area contributed by atoms with Crippen molar-refractivity contribution in [1.82, 2.24) is 9.80 Å². The van der Waals surface area contributed by atoms with Gasteiger partial charge in [0.2, 0.25) is 5.91 Å². The van der Waals surface area contributed by atoms with Gasteiger partial charge < -0.3 is 4.90 Å². The Labute approximate surface area is 155 Å². The SMILES string of the molecule is CC(C)(C)C1CCC2(C(=O)N3CCN(C(C)(C)C)CC3)CCCC1C2. The molecule has 0 N–H and O–H groups in total. The van der Waals surface area contributed by atoms with Gasteiger partial charge in [0.05, 0.1) is 0 Å². The van der Waals surface area contributed by atoms with Gasteiger partial charge in [-0.3, -0.25) is 9.69 Å². The molecule has 3 unspecified atom stereocenters. The fourth-order valence-corrected chi connectivity index (χ4v) is 6.00. The van der Waals surface area contributed by atoms with Crippen molar-refractivity contribution < 1.29 is 4.79 Å². The molecule has 0 radical (unpaired) electrons. The molecule has 1 amide bonds. The first-order chi connectivity index (χ1) is 11.5. The standard InChI is InChI=1S/C22H40N2O/c1-20(2,3)18-9-11-22(10-7-8-17(18)16-22)19(25)23-12-14-24(15-13-23)21(4,5)6/h17-18H,7-16H2,1-6H3. The molecule has 0 aromatic carbocycles. The van der Waals surface area contributed by atoms with Gasteiger partial charge in [-0.25, -0.2) is 0 Å². The average molecular weight is 349 g/mol. The van der Waals surface area contributed by atoms with Crippen molar-refractivity contribution >= 4 is 5.91 Å². The molecule has 3 atom stereocenters. The highest BCUT2D eigenvalue weighted by Gasteiger charge is 2.51. The van der Waals surface area contributed by atoms with Gasteiger partial charge in [0.1, 0.15) is 0 Å². The van der Waals surface area contributed by atoms with Crippen molar-refractivity contribution in [2.45, 2.75) is 85.6 Å². The van der Waals surface area contributed by atoms with Crippen LogP contribution in [0.5, 0.6) is 0 Å². The van der Waals surface area contributed by atoms with Gasteiger partial charge in [-0.15, -0.1) is 0 Å². The second kappa shape index (κ2) is 6.55. The Balaban J connectivity index is 1.67. The number of piperazine rings is 1. The number of fused-ring (bicyclic) bond motifs is 2. The molecular formula is C22H40N2O. The fraction of sp³-hybridized carbons (Fsp3) is 0.955. The van der Waals surface area contributed by atoms with E-state index in [1.807, 2.05) is 0 Å². The number of carbonyl (C=O) groups excluding carboxylic acids is 1. The summed E-state index contributed by atoms with van der Waals surface area (Å²) >= 11 is 0. The van der Waals surface area contributed by atoms with E-state index in [0.29, 0.717) is 11.3 Å². The van der Waals surface area contributed by atoms with Crippen molar-refractivity contribution in [1.29, 1.82) is 0 Å². The van der Waals surface area contributed by atoms with Crippen LogP contribution in [-0.2, 0) is 4.79 Å². The van der Waals surface area contributed by atoms with Gasteiger partial charge in [-0.2, -0.15) is 0 Å². The van der Waals surface area contributed by atoms with Crippen LogP contribution >= 0.6 is 0 Å². The first-order valence-electron chi connectivity index (χ1n) is 10.6. The van der Waals surface area contributed by atoms with Crippen LogP contribution in [0.4, 0.5) is 0 Å². The molecule has 0 aromatic heterocycles. The topological polar surface area (TPSA) is 23.6 Å². The Hall–Kier alpha value is -0.570. The van der Waals surface area contributed by atoms with Gasteiger partial charge in [0.25, 0.3) is 0 Å². The summed E-state index contributed by atoms with van der Waals surface area (Å²) in [5, 5.41) is 0. The molecule has 3 heteroatoms. The van der Waals surface area contributed by atoms with Crippen LogP contribution in [-0.4, -0.2) is 47.4 Å². The lowest BCUT2D eigenvalue weighted by Crippen LogP contribution is -2.58. The Kier molecular flexibility index (Phi) is 5.03. The van der Waals surface area contributed by atoms with E-state index in [0.717, 1.165) is 57.3 Å². The second-order valence-electron chi connectivity index (χ2n) is 11.1. The maximum Gasteiger partial charge on any atom is 0.228 e. The summed E-state index contributed by atoms with van der Waals surface area (Å²) in [4.78, 5) is 18.2. The highest BCUT2D eigenvalue weighted by Crippen LogP contribution is 2.56. The van der Waals surface area contributed by atoms with E-state index in [-0.39, 0.29) is 11.0 Å². The third kappa shape index (κ3) is 3.77. The number of hydrogen-bond acceptors (Lipinski definition) is 2. The van der Waals surface area contributed by atoms with Gasteiger partial charge in [-0.05, 0) is 63.7 Å². The molecule has 3 rings (SSSR count). The largest absolute Gasteiger partial charge is 0.340 e. The van der Waals surface area contributed by atoms with Crippen LogP contribution < -0.4 is 0 Å². The summed E-state index contributed by atoms with van der Waals surface area (Å²) in [6.07, 6.45) is 7.28. The van der Waals surface area contributed by atoms with Crippen LogP contribution in [0.1, 0.15) is 80.1 Å². The third-order valence-corrected chi connectivity index (χ3v) is 7.47. The predicted octanol–water partition coefficient (Wildman–Crippen LogP) is 4.56. The molecule has 144 valence electrons. The minimum Gasteiger partial charge on any atom is -0.340 e. The zero-order valence-corrected chi connectivity index (χ0v) is 17.5. The molecule has 2 bridgehead atoms. The molecule has 1 heterocycles. The van der Waals surface area contributed by atoms with Crippen molar-refractivity contribution in [2.24, 2.45) is 22.7 Å². The van der Waals surface area contributed by atoms with E-state index < -0.39 is 0 Å². The Bertz CT molecular complexity index is 493. The molecule has 25 heavy (non-hydrogen) atoms. The highest BCUT2D eigenvalue weighted by molar-refractivity contribution is 5.83. The van der Waals surface area contributed by atoms with E-state index in [1.165, 1.54) is 19.3 Å². The van der Waals surface area contributed by atoms with Gasteiger partial charge >= 0.3 is 0 Å². The van der Waals surface area contributed by atoms with Crippen LogP contribution in [0.2, 0.25) is 0 Å². The van der Waals surface area contributed by atoms with Crippen molar-refractivity contribution in [3.63, 3.8) is 0 Å². The molecule has 2 aliphatic carbocycles. The van der Waals surface area contributed by atoms with Crippen molar-refractivity contribution in [3.8, 4) is 0 Å². The third-order valence-electron chi connectivity index (χ3n) is 7.47. The quantitative estimate of drug-likeness (QED) is 0.693. The fourth-order valence-electron chi connectivity index (χ4n) is 6.00. The van der Waals surface area contributed by atoms with Crippen LogP contribution in [0.3, 0.4) is 0 Å². The van der Waals surface area contributed by atoms with E-state index in [2.05, 4.69) is 51.3 Å². The molecule has 3 aliphatic rings. The first kappa shape index (κ1) is 19.2. The van der Waals surface area contributed by atoms with Crippen LogP contribution in [0.25, 0.3) is 0 Å². The molecule has 0 spiro atoms. The molecule has 1 saturated heterocycles. The molecule has 0 aromatic rings. The van der Waals surface area contributed by atoms with E-state index in [1.54, 1.807) is 0 Å². The summed E-state index contributed by atoms with van der Waals surface area (Å²) in [5.41, 5.74) is 0.582. The predicted molar refractivity (Wildman–Crippen MR) is 104 cm³/mol. The van der Waals surface area contributed by atoms with E-state index in [4.69, 9.17) is 0 Å². The second-order valence-corrected chi connectivity index (χ2v) is 11.1. The summed E-state index contributed by atoms with van der Waals surface area (Å²) in [5.74, 6) is 2.06. The first-order valence-corrected chi connectivity index (χ1v) is 10.6. The smallest absolute Gasteiger partial charge is 0.228 e. The molecular weight excluding hydrogens is 308 g/mol. The average Bonchev–Trinajstić information content (AvgIpc) is 2.52. The molecule has 2 saturated carbocycles. The number of rotatable bonds is 1. The van der Waals surface area contributed by atoms with Crippen molar-refractivity contribution in [2.75, 3.05) is 26.2 Å². The zero-order valence-electron chi connectivity index (χ0n) is 17.5. The van der Waals surface area contributed by atoms with Gasteiger partial charge in [0.15, 0.2) is 0 Å². The molecule has 3 nitrogen and oxygen atoms in total. The lowest BCUT2D eigenvalue weighted by atomic mass is 9.53. The summed E-state index contributed by atoms with van der Waals surface area (Å²) < 4.78 is 0. The molecule has 1 aliphatic heterocycles. The zero-order chi connectivity index (χ0) is 18.5. The summed E-state index contributed by atoms with van der Waals surface area (Å²) in [6, 6.07) is 0. The maximum absolute atomic E-state index is 13.5. The number of nitrogens with zero attached hydrogens (tertiary/aromatic N) is 2. The van der Waals surface area contributed by atoms with E-state index in [9.17, 15) is 4.79 Å². The lowest BCUT2D eigenvalue weighted by Gasteiger charge is -2.53. The monoisotopic (exact) mass is 348 g/mol. The summed E-state index contributed by atoms with van der Waals surface area (Å²) in [7, 11) is 0. The maximum atomic E-state index is 13.5. The van der Waals surface area contributed by atoms with E-state index >= 15 is 0 Å². The number of hydrogen-bond donors (Lipinski definition) is 0. The Morgan fingerprint density at radius 3 is 2.12 bits per heavy atom. The van der Waals surface area contributed by atoms with Crippen LogP contribution in [0.15, 0.2) is 0 Å². The normalized spacial score (nSPS) is 34.9. The lowest BCUT2D eigenvalue weighted by molar-refractivity contribution is -0.153. The summed E-state index contributed by atoms with van der Waals surface area (Å²) in [6.45, 7) is 17.9. The number of amides is 1. The Morgan fingerprint density at radius 1 is 0.920 bits per heavy atom. The number of carbonyl (C=O) groups is 1. The van der Waals surface area contributed by atoms with Gasteiger partial charge in [0, 0.05) is 37.1 Å². The minimum atomic E-state index is -0.0193. The van der Waals surface area contributed by atoms with Crippen molar-refractivity contribution in [3.05, 3.63) is 0 Å². The Morgan fingerprint density at radius 2 is 1.56 bits per heavy atom. The molecule has 3 fully saturated rings. The van der Waals surface area contributed by atoms with Gasteiger partial charge in [-0.1, -0.05) is 33.6 Å². The minimum absolute atomic E-state index is 0.0193.